The van der Waals surface area contributed by atoms with Crippen molar-refractivity contribution >= 4 is 17.7 Å². The zero-order valence-corrected chi connectivity index (χ0v) is 11.2. The van der Waals surface area contributed by atoms with Crippen molar-refractivity contribution in [3.05, 3.63) is 71.6 Å². The largest absolute Gasteiger partial charge is 0.416 e. The van der Waals surface area contributed by atoms with Crippen LogP contribution in [0, 0.1) is 5.82 Å². The van der Waals surface area contributed by atoms with Gasteiger partial charge in [-0.25, -0.2) is 4.39 Å². The highest BCUT2D eigenvalue weighted by molar-refractivity contribution is 6.01. The summed E-state index contributed by atoms with van der Waals surface area (Å²) < 4.78 is 50.4. The molecule has 0 spiro atoms. The maximum atomic E-state index is 12.7. The fourth-order valence-electron chi connectivity index (χ4n) is 1.71. The zero-order valence-electron chi connectivity index (χ0n) is 11.2. The Bertz CT molecular complexity index is 690. The molecular weight excluding hydrogens is 298 g/mol. The summed E-state index contributed by atoms with van der Waals surface area (Å²) >= 11 is 0. The summed E-state index contributed by atoms with van der Waals surface area (Å²) in [4.78, 5) is 11.6. The molecule has 114 valence electrons. The first kappa shape index (κ1) is 15.8. The monoisotopic (exact) mass is 309 g/mol. The molecule has 2 rings (SSSR count). The van der Waals surface area contributed by atoms with Gasteiger partial charge in [-0.2, -0.15) is 13.2 Å². The van der Waals surface area contributed by atoms with Crippen LogP contribution in [0.25, 0.3) is 6.08 Å². The lowest BCUT2D eigenvalue weighted by Crippen LogP contribution is -2.07. The Balaban J connectivity index is 2.05. The number of carbonyl (C=O) groups is 1. The Morgan fingerprint density at radius 3 is 2.36 bits per heavy atom. The molecule has 0 saturated heterocycles. The normalized spacial score (nSPS) is 11.6. The lowest BCUT2D eigenvalue weighted by molar-refractivity contribution is -0.137. The van der Waals surface area contributed by atoms with Gasteiger partial charge in [0.1, 0.15) is 5.82 Å². The third-order valence-corrected chi connectivity index (χ3v) is 2.75. The molecule has 0 fully saturated rings. The number of nitrogens with one attached hydrogen (secondary N) is 1. The van der Waals surface area contributed by atoms with Crippen molar-refractivity contribution in [2.75, 3.05) is 5.32 Å². The van der Waals surface area contributed by atoms with E-state index in [1.807, 2.05) is 0 Å². The van der Waals surface area contributed by atoms with Crippen molar-refractivity contribution in [2.24, 2.45) is 0 Å². The molecule has 2 nitrogen and oxygen atoms in total. The first-order valence-electron chi connectivity index (χ1n) is 6.26. The fourth-order valence-corrected chi connectivity index (χ4v) is 1.71. The molecule has 1 N–H and O–H groups in total. The second kappa shape index (κ2) is 6.43. The number of halogens is 4. The molecule has 6 heteroatoms. The molecule has 0 atom stereocenters. The molecule has 0 aliphatic heterocycles. The highest BCUT2D eigenvalue weighted by atomic mass is 19.4. The molecule has 1 amide bonds. The highest BCUT2D eigenvalue weighted by Gasteiger charge is 2.30. The van der Waals surface area contributed by atoms with Crippen molar-refractivity contribution in [3.63, 3.8) is 0 Å². The minimum atomic E-state index is -4.43. The first-order valence-corrected chi connectivity index (χ1v) is 6.26. The average molecular weight is 309 g/mol. The summed E-state index contributed by atoms with van der Waals surface area (Å²) in [5.74, 6) is -0.957. The van der Waals surface area contributed by atoms with Crippen LogP contribution in [-0.4, -0.2) is 5.91 Å². The van der Waals surface area contributed by atoms with Gasteiger partial charge in [-0.3, -0.25) is 4.79 Å². The van der Waals surface area contributed by atoms with Gasteiger partial charge < -0.3 is 5.32 Å². The topological polar surface area (TPSA) is 29.1 Å². The van der Waals surface area contributed by atoms with Crippen LogP contribution in [0.15, 0.2) is 54.6 Å². The average Bonchev–Trinajstić information content (AvgIpc) is 2.47. The van der Waals surface area contributed by atoms with E-state index in [1.165, 1.54) is 42.5 Å². The molecule has 0 saturated carbocycles. The predicted octanol–water partition coefficient (Wildman–Crippen LogP) is 4.50. The number of rotatable bonds is 3. The van der Waals surface area contributed by atoms with Gasteiger partial charge in [0, 0.05) is 11.8 Å². The standard InChI is InChI=1S/C16H11F4NO/c17-13-5-7-14(8-6-13)21-15(22)9-4-11-2-1-3-12(10-11)16(18,19)20/h1-10H,(H,21,22)/b9-4+. The van der Waals surface area contributed by atoms with Crippen molar-refractivity contribution < 1.29 is 22.4 Å². The molecule has 0 aliphatic rings. The second-order valence-electron chi connectivity index (χ2n) is 4.45. The van der Waals surface area contributed by atoms with Crippen LogP contribution in [0.5, 0.6) is 0 Å². The smallest absolute Gasteiger partial charge is 0.323 e. The van der Waals surface area contributed by atoms with Crippen LogP contribution in [0.1, 0.15) is 11.1 Å². The van der Waals surface area contributed by atoms with Gasteiger partial charge in [0.05, 0.1) is 5.56 Å². The molecule has 0 radical (unpaired) electrons. The van der Waals surface area contributed by atoms with E-state index in [-0.39, 0.29) is 5.56 Å². The van der Waals surface area contributed by atoms with E-state index in [2.05, 4.69) is 5.32 Å². The third kappa shape index (κ3) is 4.44. The van der Waals surface area contributed by atoms with E-state index >= 15 is 0 Å². The summed E-state index contributed by atoms with van der Waals surface area (Å²) in [6.45, 7) is 0. The van der Waals surface area contributed by atoms with Crippen LogP contribution >= 0.6 is 0 Å². The van der Waals surface area contributed by atoms with Gasteiger partial charge in [-0.1, -0.05) is 12.1 Å². The lowest BCUT2D eigenvalue weighted by Gasteiger charge is -2.06. The number of carbonyl (C=O) groups excluding carboxylic acids is 1. The molecule has 0 unspecified atom stereocenters. The first-order chi connectivity index (χ1) is 10.3. The Kier molecular flexibility index (Phi) is 4.60. The molecule has 22 heavy (non-hydrogen) atoms. The Hall–Kier alpha value is -2.63. The number of hydrogen-bond donors (Lipinski definition) is 1. The van der Waals surface area contributed by atoms with Crippen LogP contribution in [0.4, 0.5) is 23.2 Å². The highest BCUT2D eigenvalue weighted by Crippen LogP contribution is 2.29. The number of hydrogen-bond acceptors (Lipinski definition) is 1. The van der Waals surface area contributed by atoms with Crippen molar-refractivity contribution in [3.8, 4) is 0 Å². The Morgan fingerprint density at radius 2 is 1.73 bits per heavy atom. The van der Waals surface area contributed by atoms with Gasteiger partial charge >= 0.3 is 6.18 Å². The van der Waals surface area contributed by atoms with Gasteiger partial charge in [0.25, 0.3) is 0 Å². The number of benzene rings is 2. The number of amides is 1. The van der Waals surface area contributed by atoms with E-state index in [4.69, 9.17) is 0 Å². The number of alkyl halides is 3. The van der Waals surface area contributed by atoms with E-state index in [0.717, 1.165) is 18.2 Å². The van der Waals surface area contributed by atoms with Crippen molar-refractivity contribution in [1.82, 2.24) is 0 Å². The quantitative estimate of drug-likeness (QED) is 0.656. The summed E-state index contributed by atoms with van der Waals surface area (Å²) in [6.07, 6.45) is -2.05. The van der Waals surface area contributed by atoms with E-state index in [1.54, 1.807) is 0 Å². The van der Waals surface area contributed by atoms with Crippen molar-refractivity contribution in [1.29, 1.82) is 0 Å². The van der Waals surface area contributed by atoms with Crippen LogP contribution in [-0.2, 0) is 11.0 Å². The Morgan fingerprint density at radius 1 is 1.05 bits per heavy atom. The summed E-state index contributed by atoms with van der Waals surface area (Å²) in [5.41, 5.74) is -0.141. The van der Waals surface area contributed by atoms with Crippen LogP contribution in [0.3, 0.4) is 0 Å². The predicted molar refractivity (Wildman–Crippen MR) is 75.5 cm³/mol. The molecule has 0 aliphatic carbocycles. The summed E-state index contributed by atoms with van der Waals surface area (Å²) in [5, 5.41) is 2.47. The molecule has 0 bridgehead atoms. The van der Waals surface area contributed by atoms with Gasteiger partial charge in [0.15, 0.2) is 0 Å². The van der Waals surface area contributed by atoms with Crippen LogP contribution in [0.2, 0.25) is 0 Å². The number of anilines is 1. The maximum absolute atomic E-state index is 12.7. The minimum Gasteiger partial charge on any atom is -0.323 e. The Labute approximate surface area is 124 Å². The zero-order chi connectivity index (χ0) is 16.2. The summed E-state index contributed by atoms with van der Waals surface area (Å²) in [6, 6.07) is 9.75. The van der Waals surface area contributed by atoms with E-state index in [9.17, 15) is 22.4 Å². The second-order valence-corrected chi connectivity index (χ2v) is 4.45. The fraction of sp³-hybridized carbons (Fsp3) is 0.0625. The third-order valence-electron chi connectivity index (χ3n) is 2.75. The molecule has 2 aromatic carbocycles. The van der Waals surface area contributed by atoms with E-state index in [0.29, 0.717) is 5.69 Å². The van der Waals surface area contributed by atoms with Gasteiger partial charge in [-0.15, -0.1) is 0 Å². The summed E-state index contributed by atoms with van der Waals surface area (Å²) in [7, 11) is 0. The molecule has 2 aromatic rings. The SMILES string of the molecule is O=C(/C=C/c1cccc(C(F)(F)F)c1)Nc1ccc(F)cc1. The van der Waals surface area contributed by atoms with Gasteiger partial charge in [0.2, 0.25) is 5.91 Å². The van der Waals surface area contributed by atoms with E-state index < -0.39 is 23.5 Å². The van der Waals surface area contributed by atoms with Crippen molar-refractivity contribution in [2.45, 2.75) is 6.18 Å². The molecule has 0 aromatic heterocycles. The minimum absolute atomic E-state index is 0.254. The molecule has 0 heterocycles. The lowest BCUT2D eigenvalue weighted by atomic mass is 10.1. The van der Waals surface area contributed by atoms with Crippen LogP contribution < -0.4 is 5.32 Å². The maximum Gasteiger partial charge on any atom is 0.416 e. The van der Waals surface area contributed by atoms with Gasteiger partial charge in [-0.05, 0) is 48.0 Å². The molecular formula is C16H11F4NO.